The molecule has 2 aromatic rings. The minimum absolute atomic E-state index is 0.245. The highest BCUT2D eigenvalue weighted by Gasteiger charge is 2.37. The summed E-state index contributed by atoms with van der Waals surface area (Å²) in [6.07, 6.45) is 0. The lowest BCUT2D eigenvalue weighted by Crippen LogP contribution is -2.32. The molecule has 0 fully saturated rings. The lowest BCUT2D eigenvalue weighted by Gasteiger charge is -2.30. The predicted molar refractivity (Wildman–Crippen MR) is 118 cm³/mol. The maximum absolute atomic E-state index is 12.5. The van der Waals surface area contributed by atoms with E-state index in [1.165, 1.54) is 14.2 Å². The number of rotatable bonds is 5. The van der Waals surface area contributed by atoms with Gasteiger partial charge >= 0.3 is 17.9 Å². The maximum Gasteiger partial charge on any atom is 0.345 e. The zero-order chi connectivity index (χ0) is 23.4. The Hall–Kier alpha value is -3.58. The maximum atomic E-state index is 12.5. The number of hydrogen-bond acceptors (Lipinski definition) is 7. The van der Waals surface area contributed by atoms with Crippen molar-refractivity contribution >= 4 is 29.5 Å². The average Bonchev–Trinajstić information content (AvgIpc) is 2.78. The number of carbonyl (C=O) groups excluding carboxylic acids is 3. The standard InChI is InChI=1S/C24H22ClNO6/c1-13-19(23(28)30-3)21(20(14(2)26-13)24(29)31-4)15-9-11-16(12-10-15)32-22(27)17-7-5-6-8-18(17)25/h5-12,21,26H,1-4H3. The Labute approximate surface area is 190 Å². The molecule has 32 heavy (non-hydrogen) atoms. The fourth-order valence-electron chi connectivity index (χ4n) is 3.61. The van der Waals surface area contributed by atoms with Gasteiger partial charge in [0.2, 0.25) is 0 Å². The molecular weight excluding hydrogens is 434 g/mol. The molecule has 0 spiro atoms. The summed E-state index contributed by atoms with van der Waals surface area (Å²) in [5.74, 6) is -2.16. The number of dihydropyridines is 1. The summed E-state index contributed by atoms with van der Waals surface area (Å²) in [6.45, 7) is 3.47. The van der Waals surface area contributed by atoms with Crippen LogP contribution in [0.1, 0.15) is 35.7 Å². The SMILES string of the molecule is COC(=O)C1=C(C)NC(C)=C(C(=O)OC)C1c1ccc(OC(=O)c2ccccc2Cl)cc1. The number of nitrogens with one attached hydrogen (secondary N) is 1. The van der Waals surface area contributed by atoms with Gasteiger partial charge in [-0.1, -0.05) is 35.9 Å². The fraction of sp³-hybridized carbons (Fsp3) is 0.208. The quantitative estimate of drug-likeness (QED) is 0.535. The summed E-state index contributed by atoms with van der Waals surface area (Å²) in [5.41, 5.74) is 2.60. The van der Waals surface area contributed by atoms with Gasteiger partial charge in [0.1, 0.15) is 5.75 Å². The van der Waals surface area contributed by atoms with E-state index in [9.17, 15) is 14.4 Å². The molecule has 1 aliphatic heterocycles. The molecule has 2 aromatic carbocycles. The number of halogens is 1. The molecule has 0 saturated heterocycles. The van der Waals surface area contributed by atoms with Crippen LogP contribution in [0.4, 0.5) is 0 Å². The molecule has 0 aliphatic carbocycles. The normalized spacial score (nSPS) is 14.0. The van der Waals surface area contributed by atoms with Gasteiger partial charge < -0.3 is 19.5 Å². The average molecular weight is 456 g/mol. The molecule has 0 radical (unpaired) electrons. The van der Waals surface area contributed by atoms with E-state index in [-0.39, 0.29) is 16.3 Å². The van der Waals surface area contributed by atoms with E-state index in [0.717, 1.165) is 0 Å². The molecule has 1 heterocycles. The Morgan fingerprint density at radius 3 is 1.84 bits per heavy atom. The summed E-state index contributed by atoms with van der Waals surface area (Å²) in [7, 11) is 2.56. The van der Waals surface area contributed by atoms with Gasteiger partial charge in [-0.25, -0.2) is 14.4 Å². The Balaban J connectivity index is 1.97. The third-order valence-electron chi connectivity index (χ3n) is 5.09. The fourth-order valence-corrected chi connectivity index (χ4v) is 3.82. The monoisotopic (exact) mass is 455 g/mol. The lowest BCUT2D eigenvalue weighted by atomic mass is 9.80. The summed E-state index contributed by atoms with van der Waals surface area (Å²) < 4.78 is 15.3. The first-order chi connectivity index (χ1) is 15.3. The second-order valence-corrected chi connectivity index (χ2v) is 7.46. The first-order valence-electron chi connectivity index (χ1n) is 9.70. The summed E-state index contributed by atoms with van der Waals surface area (Å²) in [6, 6.07) is 13.1. The predicted octanol–water partition coefficient (Wildman–Crippen LogP) is 4.14. The van der Waals surface area contributed by atoms with Gasteiger partial charge in [-0.05, 0) is 43.7 Å². The van der Waals surface area contributed by atoms with Gasteiger partial charge in [-0.3, -0.25) is 0 Å². The van der Waals surface area contributed by atoms with Crippen LogP contribution < -0.4 is 10.1 Å². The van der Waals surface area contributed by atoms with Crippen molar-refractivity contribution in [3.8, 4) is 5.75 Å². The van der Waals surface area contributed by atoms with Gasteiger partial charge in [0, 0.05) is 11.4 Å². The van der Waals surface area contributed by atoms with Gasteiger partial charge in [0.25, 0.3) is 0 Å². The van der Waals surface area contributed by atoms with Crippen LogP contribution in [0.25, 0.3) is 0 Å². The van der Waals surface area contributed by atoms with Crippen LogP contribution in [0.3, 0.4) is 0 Å². The van der Waals surface area contributed by atoms with Crippen molar-refractivity contribution in [1.82, 2.24) is 5.32 Å². The van der Waals surface area contributed by atoms with E-state index in [4.69, 9.17) is 25.8 Å². The van der Waals surface area contributed by atoms with Crippen molar-refractivity contribution in [2.24, 2.45) is 0 Å². The van der Waals surface area contributed by atoms with Crippen LogP contribution >= 0.6 is 11.6 Å². The van der Waals surface area contributed by atoms with Crippen LogP contribution in [0.2, 0.25) is 5.02 Å². The van der Waals surface area contributed by atoms with Gasteiger partial charge in [0.05, 0.1) is 41.9 Å². The first-order valence-corrected chi connectivity index (χ1v) is 10.1. The molecule has 1 aliphatic rings. The minimum Gasteiger partial charge on any atom is -0.466 e. The molecule has 166 valence electrons. The van der Waals surface area contributed by atoms with Crippen molar-refractivity contribution in [2.75, 3.05) is 14.2 Å². The van der Waals surface area contributed by atoms with Gasteiger partial charge in [-0.2, -0.15) is 0 Å². The van der Waals surface area contributed by atoms with Crippen LogP contribution in [0, 0.1) is 0 Å². The molecule has 0 unspecified atom stereocenters. The lowest BCUT2D eigenvalue weighted by molar-refractivity contribution is -0.137. The highest BCUT2D eigenvalue weighted by molar-refractivity contribution is 6.33. The number of ether oxygens (including phenoxy) is 3. The Kier molecular flexibility index (Phi) is 7.00. The second kappa shape index (κ2) is 9.70. The van der Waals surface area contributed by atoms with Crippen LogP contribution in [-0.4, -0.2) is 32.1 Å². The Morgan fingerprint density at radius 2 is 1.34 bits per heavy atom. The van der Waals surface area contributed by atoms with Gasteiger partial charge in [-0.15, -0.1) is 0 Å². The van der Waals surface area contributed by atoms with Crippen molar-refractivity contribution in [3.05, 3.63) is 87.2 Å². The van der Waals surface area contributed by atoms with Crippen LogP contribution in [-0.2, 0) is 19.1 Å². The molecule has 0 atom stereocenters. The summed E-state index contributed by atoms with van der Waals surface area (Å²) in [4.78, 5) is 37.5. The number of benzene rings is 2. The Bertz CT molecular complexity index is 1100. The van der Waals surface area contributed by atoms with E-state index in [2.05, 4.69) is 5.32 Å². The summed E-state index contributed by atoms with van der Waals surface area (Å²) >= 11 is 6.05. The molecule has 7 nitrogen and oxygen atoms in total. The van der Waals surface area contributed by atoms with E-state index in [0.29, 0.717) is 28.1 Å². The van der Waals surface area contributed by atoms with Crippen molar-refractivity contribution in [1.29, 1.82) is 0 Å². The smallest absolute Gasteiger partial charge is 0.345 e. The second-order valence-electron chi connectivity index (χ2n) is 7.06. The first kappa shape index (κ1) is 23.1. The molecule has 0 bridgehead atoms. The molecule has 0 aromatic heterocycles. The van der Waals surface area contributed by atoms with Crippen LogP contribution in [0.15, 0.2) is 71.1 Å². The largest absolute Gasteiger partial charge is 0.466 e. The van der Waals surface area contributed by atoms with E-state index < -0.39 is 23.8 Å². The third-order valence-corrected chi connectivity index (χ3v) is 5.42. The molecule has 8 heteroatoms. The van der Waals surface area contributed by atoms with Crippen molar-refractivity contribution in [3.63, 3.8) is 0 Å². The molecule has 0 amide bonds. The Morgan fingerprint density at radius 1 is 0.812 bits per heavy atom. The highest BCUT2D eigenvalue weighted by atomic mass is 35.5. The third kappa shape index (κ3) is 4.53. The molecule has 3 rings (SSSR count). The van der Waals surface area contributed by atoms with E-state index in [1.807, 2.05) is 0 Å². The van der Waals surface area contributed by atoms with E-state index in [1.54, 1.807) is 62.4 Å². The number of carbonyl (C=O) groups is 3. The molecule has 1 N–H and O–H groups in total. The minimum atomic E-state index is -0.718. The zero-order valence-electron chi connectivity index (χ0n) is 18.0. The molecule has 0 saturated carbocycles. The topological polar surface area (TPSA) is 90.9 Å². The molecular formula is C24H22ClNO6. The van der Waals surface area contributed by atoms with Crippen molar-refractivity contribution in [2.45, 2.75) is 19.8 Å². The summed E-state index contributed by atoms with van der Waals surface area (Å²) in [5, 5.41) is 3.33. The number of methoxy groups -OCH3 is 2. The number of hydrogen-bond donors (Lipinski definition) is 1. The zero-order valence-corrected chi connectivity index (χ0v) is 18.8. The van der Waals surface area contributed by atoms with Crippen molar-refractivity contribution < 1.29 is 28.6 Å². The van der Waals surface area contributed by atoms with Crippen LogP contribution in [0.5, 0.6) is 5.75 Å². The van der Waals surface area contributed by atoms with Gasteiger partial charge in [0.15, 0.2) is 0 Å². The van der Waals surface area contributed by atoms with E-state index >= 15 is 0 Å². The number of allylic oxidation sites excluding steroid dienone is 2. The highest BCUT2D eigenvalue weighted by Crippen LogP contribution is 2.39. The number of esters is 3.